The standard InChI is InChI=1S/C11H22OS2/c1-9(2)5-13-7-11(12)8-14-6-10(3)4/h9-10H,5-8H2,1-4H3. The third kappa shape index (κ3) is 10.5. The quantitative estimate of drug-likeness (QED) is 0.641. The van der Waals surface area contributed by atoms with E-state index >= 15 is 0 Å². The lowest BCUT2D eigenvalue weighted by Gasteiger charge is -2.05. The highest BCUT2D eigenvalue weighted by atomic mass is 32.2. The van der Waals surface area contributed by atoms with Gasteiger partial charge in [-0.1, -0.05) is 27.7 Å². The molecule has 0 aromatic heterocycles. The van der Waals surface area contributed by atoms with Crippen molar-refractivity contribution in [3.63, 3.8) is 0 Å². The maximum Gasteiger partial charge on any atom is 0.152 e. The predicted octanol–water partition coefficient (Wildman–Crippen LogP) is 3.33. The largest absolute Gasteiger partial charge is 0.298 e. The lowest BCUT2D eigenvalue weighted by Crippen LogP contribution is -2.08. The van der Waals surface area contributed by atoms with Crippen molar-refractivity contribution in [2.24, 2.45) is 11.8 Å². The second kappa shape index (κ2) is 8.66. The fraction of sp³-hybridized carbons (Fsp3) is 0.909. The Bertz CT molecular complexity index is 139. The lowest BCUT2D eigenvalue weighted by atomic mass is 10.3. The summed E-state index contributed by atoms with van der Waals surface area (Å²) in [6, 6.07) is 0. The molecule has 0 atom stereocenters. The van der Waals surface area contributed by atoms with Crippen LogP contribution in [0.2, 0.25) is 0 Å². The van der Waals surface area contributed by atoms with Crippen LogP contribution in [0.5, 0.6) is 0 Å². The van der Waals surface area contributed by atoms with E-state index < -0.39 is 0 Å². The molecule has 0 saturated carbocycles. The third-order valence-electron chi connectivity index (χ3n) is 1.43. The molecule has 0 aliphatic rings. The van der Waals surface area contributed by atoms with Gasteiger partial charge in [-0.3, -0.25) is 4.79 Å². The molecule has 0 amide bonds. The summed E-state index contributed by atoms with van der Waals surface area (Å²) < 4.78 is 0. The van der Waals surface area contributed by atoms with Gasteiger partial charge in [-0.2, -0.15) is 23.5 Å². The van der Waals surface area contributed by atoms with E-state index in [9.17, 15) is 4.79 Å². The normalized spacial score (nSPS) is 11.3. The highest BCUT2D eigenvalue weighted by Gasteiger charge is 2.04. The SMILES string of the molecule is CC(C)CSCC(=O)CSCC(C)C. The first-order valence-electron chi connectivity index (χ1n) is 5.19. The number of thioether (sulfide) groups is 2. The maximum atomic E-state index is 11.4. The average molecular weight is 234 g/mol. The van der Waals surface area contributed by atoms with Gasteiger partial charge in [0, 0.05) is 0 Å². The van der Waals surface area contributed by atoms with Crippen molar-refractivity contribution in [2.75, 3.05) is 23.0 Å². The molecule has 0 aromatic rings. The van der Waals surface area contributed by atoms with E-state index in [1.54, 1.807) is 23.5 Å². The van der Waals surface area contributed by atoms with Gasteiger partial charge in [0.25, 0.3) is 0 Å². The van der Waals surface area contributed by atoms with E-state index in [1.807, 2.05) is 0 Å². The molecule has 0 N–H and O–H groups in total. The molecule has 0 saturated heterocycles. The number of Topliss-reactive ketones (excluding diaryl/α,β-unsaturated/α-hetero) is 1. The summed E-state index contributed by atoms with van der Waals surface area (Å²) >= 11 is 3.53. The number of hydrogen-bond acceptors (Lipinski definition) is 3. The zero-order chi connectivity index (χ0) is 11.0. The first kappa shape index (κ1) is 14.4. The molecule has 0 spiro atoms. The molecule has 0 aliphatic heterocycles. The minimum Gasteiger partial charge on any atom is -0.298 e. The van der Waals surface area contributed by atoms with Crippen molar-refractivity contribution >= 4 is 29.3 Å². The van der Waals surface area contributed by atoms with Crippen LogP contribution in [0.25, 0.3) is 0 Å². The highest BCUT2D eigenvalue weighted by Crippen LogP contribution is 2.11. The van der Waals surface area contributed by atoms with Crippen LogP contribution in [-0.4, -0.2) is 28.8 Å². The smallest absolute Gasteiger partial charge is 0.152 e. The summed E-state index contributed by atoms with van der Waals surface area (Å²) in [5, 5.41) is 0. The zero-order valence-corrected chi connectivity index (χ0v) is 11.3. The topological polar surface area (TPSA) is 17.1 Å². The van der Waals surface area contributed by atoms with Crippen LogP contribution in [0.15, 0.2) is 0 Å². The van der Waals surface area contributed by atoms with Crippen molar-refractivity contribution in [3.05, 3.63) is 0 Å². The third-order valence-corrected chi connectivity index (χ3v) is 4.29. The molecular weight excluding hydrogens is 212 g/mol. The van der Waals surface area contributed by atoms with Crippen molar-refractivity contribution in [1.82, 2.24) is 0 Å². The van der Waals surface area contributed by atoms with Crippen molar-refractivity contribution in [2.45, 2.75) is 27.7 Å². The van der Waals surface area contributed by atoms with Crippen LogP contribution in [0.4, 0.5) is 0 Å². The summed E-state index contributed by atoms with van der Waals surface area (Å²) in [5.74, 6) is 5.36. The Morgan fingerprint density at radius 2 is 1.29 bits per heavy atom. The molecule has 1 nitrogen and oxygen atoms in total. The predicted molar refractivity (Wildman–Crippen MR) is 69.3 cm³/mol. The Hall–Kier alpha value is 0.370. The molecule has 0 heterocycles. The molecule has 0 aliphatic carbocycles. The summed E-state index contributed by atoms with van der Waals surface area (Å²) in [4.78, 5) is 11.4. The van der Waals surface area contributed by atoms with Gasteiger partial charge < -0.3 is 0 Å². The zero-order valence-electron chi connectivity index (χ0n) is 9.71. The molecule has 0 radical (unpaired) electrons. The Kier molecular flexibility index (Phi) is 8.89. The molecule has 14 heavy (non-hydrogen) atoms. The minimum atomic E-state index is 0.390. The average Bonchev–Trinajstić information content (AvgIpc) is 2.02. The second-order valence-electron chi connectivity index (χ2n) is 4.36. The van der Waals surface area contributed by atoms with Crippen molar-refractivity contribution in [3.8, 4) is 0 Å². The van der Waals surface area contributed by atoms with Crippen molar-refractivity contribution < 1.29 is 4.79 Å². The first-order chi connectivity index (χ1) is 6.52. The van der Waals surface area contributed by atoms with E-state index in [2.05, 4.69) is 27.7 Å². The Labute approximate surface area is 96.8 Å². The van der Waals surface area contributed by atoms with E-state index in [-0.39, 0.29) is 0 Å². The van der Waals surface area contributed by atoms with E-state index in [0.29, 0.717) is 29.1 Å². The van der Waals surface area contributed by atoms with Crippen LogP contribution < -0.4 is 0 Å². The Balaban J connectivity index is 3.28. The number of rotatable bonds is 8. The van der Waals surface area contributed by atoms with Gasteiger partial charge in [0.15, 0.2) is 5.78 Å². The first-order valence-corrected chi connectivity index (χ1v) is 7.50. The number of carbonyl (C=O) groups is 1. The number of carbonyl (C=O) groups excluding carboxylic acids is 1. The van der Waals surface area contributed by atoms with Gasteiger partial charge in [0.1, 0.15) is 0 Å². The van der Waals surface area contributed by atoms with Crippen LogP contribution in [0.3, 0.4) is 0 Å². The number of ketones is 1. The molecule has 84 valence electrons. The Morgan fingerprint density at radius 3 is 1.57 bits per heavy atom. The van der Waals surface area contributed by atoms with Gasteiger partial charge in [-0.15, -0.1) is 0 Å². The van der Waals surface area contributed by atoms with E-state index in [0.717, 1.165) is 11.5 Å². The molecule has 0 aromatic carbocycles. The highest BCUT2D eigenvalue weighted by molar-refractivity contribution is 8.01. The van der Waals surface area contributed by atoms with Gasteiger partial charge in [-0.25, -0.2) is 0 Å². The molecule has 0 fully saturated rings. The monoisotopic (exact) mass is 234 g/mol. The van der Waals surface area contributed by atoms with Crippen LogP contribution in [0, 0.1) is 11.8 Å². The minimum absolute atomic E-state index is 0.390. The summed E-state index contributed by atoms with van der Waals surface area (Å²) in [5.41, 5.74) is 0. The fourth-order valence-electron chi connectivity index (χ4n) is 0.859. The van der Waals surface area contributed by atoms with E-state index in [4.69, 9.17) is 0 Å². The van der Waals surface area contributed by atoms with Crippen LogP contribution >= 0.6 is 23.5 Å². The molecule has 0 rings (SSSR count). The summed E-state index contributed by atoms with van der Waals surface area (Å²) in [6.07, 6.45) is 0. The number of hydrogen-bond donors (Lipinski definition) is 0. The summed E-state index contributed by atoms with van der Waals surface area (Å²) in [6.45, 7) is 8.74. The van der Waals surface area contributed by atoms with E-state index in [1.165, 1.54) is 0 Å². The van der Waals surface area contributed by atoms with Gasteiger partial charge >= 0.3 is 0 Å². The lowest BCUT2D eigenvalue weighted by molar-refractivity contribution is -0.114. The van der Waals surface area contributed by atoms with Crippen LogP contribution in [-0.2, 0) is 4.79 Å². The van der Waals surface area contributed by atoms with Gasteiger partial charge in [0.05, 0.1) is 11.5 Å². The molecule has 0 unspecified atom stereocenters. The van der Waals surface area contributed by atoms with Gasteiger partial charge in [-0.05, 0) is 23.3 Å². The van der Waals surface area contributed by atoms with Crippen molar-refractivity contribution in [1.29, 1.82) is 0 Å². The summed E-state index contributed by atoms with van der Waals surface area (Å²) in [7, 11) is 0. The fourth-order valence-corrected chi connectivity index (χ4v) is 2.83. The second-order valence-corrected chi connectivity index (χ2v) is 6.42. The van der Waals surface area contributed by atoms with Gasteiger partial charge in [0.2, 0.25) is 0 Å². The molecule has 3 heteroatoms. The Morgan fingerprint density at radius 1 is 0.929 bits per heavy atom. The maximum absolute atomic E-state index is 11.4. The molecular formula is C11H22OS2. The molecule has 0 bridgehead atoms. The van der Waals surface area contributed by atoms with Crippen LogP contribution in [0.1, 0.15) is 27.7 Å².